The van der Waals surface area contributed by atoms with Gasteiger partial charge in [-0.05, 0) is 106 Å². The van der Waals surface area contributed by atoms with Crippen molar-refractivity contribution in [2.45, 2.75) is 57.9 Å². The lowest BCUT2D eigenvalue weighted by Gasteiger charge is -2.33. The van der Waals surface area contributed by atoms with Crippen LogP contribution in [0.15, 0.2) is 36.4 Å². The quantitative estimate of drug-likeness (QED) is 0.700. The van der Waals surface area contributed by atoms with Crippen LogP contribution in [0.4, 0.5) is 0 Å². The van der Waals surface area contributed by atoms with Gasteiger partial charge in [-0.15, -0.1) is 0 Å². The molecule has 0 radical (unpaired) electrons. The lowest BCUT2D eigenvalue weighted by molar-refractivity contribution is 0.0636. The predicted octanol–water partition coefficient (Wildman–Crippen LogP) is 5.01. The molecule has 1 N–H and O–H groups in total. The van der Waals surface area contributed by atoms with E-state index in [1.165, 1.54) is 32.2 Å². The van der Waals surface area contributed by atoms with E-state index in [-0.39, 0.29) is 5.91 Å². The molecule has 1 amide bonds. The van der Waals surface area contributed by atoms with E-state index < -0.39 is 0 Å². The molecule has 4 rings (SSSR count). The van der Waals surface area contributed by atoms with E-state index in [2.05, 4.69) is 30.4 Å². The first kappa shape index (κ1) is 20.2. The van der Waals surface area contributed by atoms with Gasteiger partial charge in [0.1, 0.15) is 5.75 Å². The molecule has 2 heterocycles. The summed E-state index contributed by atoms with van der Waals surface area (Å²) in [6.07, 6.45) is 8.44. The van der Waals surface area contributed by atoms with Crippen molar-refractivity contribution in [1.82, 2.24) is 10.2 Å². The number of nitrogens with zero attached hydrogens (tertiary/aromatic N) is 1. The molecule has 0 saturated carbocycles. The zero-order valence-corrected chi connectivity index (χ0v) is 17.7. The summed E-state index contributed by atoms with van der Waals surface area (Å²) in [4.78, 5) is 15.0. The van der Waals surface area contributed by atoms with E-state index in [0.29, 0.717) is 6.04 Å². The first-order valence-corrected chi connectivity index (χ1v) is 11.4. The van der Waals surface area contributed by atoms with E-state index in [1.807, 2.05) is 23.1 Å². The van der Waals surface area contributed by atoms with Crippen LogP contribution in [0.5, 0.6) is 5.75 Å². The van der Waals surface area contributed by atoms with Crippen LogP contribution in [-0.4, -0.2) is 43.1 Å². The fraction of sp³-hybridized carbons (Fsp3) is 0.560. The minimum atomic E-state index is 0.164. The normalized spacial score (nSPS) is 22.6. The zero-order valence-electron chi connectivity index (χ0n) is 17.7. The third-order valence-corrected chi connectivity index (χ3v) is 6.55. The number of benzene rings is 2. The van der Waals surface area contributed by atoms with Crippen LogP contribution in [-0.2, 0) is 0 Å². The number of piperidine rings is 2. The minimum Gasteiger partial charge on any atom is -0.494 e. The van der Waals surface area contributed by atoms with E-state index in [4.69, 9.17) is 4.74 Å². The van der Waals surface area contributed by atoms with Crippen LogP contribution < -0.4 is 10.1 Å². The topological polar surface area (TPSA) is 41.6 Å². The molecule has 29 heavy (non-hydrogen) atoms. The summed E-state index contributed by atoms with van der Waals surface area (Å²) in [6.45, 7) is 6.14. The number of amides is 1. The molecule has 2 atom stereocenters. The molecule has 2 aromatic rings. The summed E-state index contributed by atoms with van der Waals surface area (Å²) in [5.74, 6) is 1.89. The molecule has 0 bridgehead atoms. The fourth-order valence-corrected chi connectivity index (χ4v) is 4.74. The highest BCUT2D eigenvalue weighted by Gasteiger charge is 2.24. The molecule has 0 spiro atoms. The second-order valence-electron chi connectivity index (χ2n) is 8.77. The summed E-state index contributed by atoms with van der Waals surface area (Å²) >= 11 is 0. The van der Waals surface area contributed by atoms with E-state index in [9.17, 15) is 4.79 Å². The lowest BCUT2D eigenvalue weighted by Crippen LogP contribution is -2.42. The number of carbonyl (C=O) groups excluding carboxylic acids is 1. The fourth-order valence-electron chi connectivity index (χ4n) is 4.74. The van der Waals surface area contributed by atoms with Crippen molar-refractivity contribution in [2.24, 2.45) is 5.92 Å². The molecule has 0 aliphatic carbocycles. The predicted molar refractivity (Wildman–Crippen MR) is 119 cm³/mol. The molecule has 2 fully saturated rings. The zero-order chi connectivity index (χ0) is 20.1. The third-order valence-electron chi connectivity index (χ3n) is 6.55. The van der Waals surface area contributed by atoms with Gasteiger partial charge < -0.3 is 15.0 Å². The third kappa shape index (κ3) is 5.11. The number of fused-ring (bicyclic) bond motifs is 1. The molecule has 2 aliphatic heterocycles. The van der Waals surface area contributed by atoms with Crippen LogP contribution in [0.1, 0.15) is 62.2 Å². The van der Waals surface area contributed by atoms with Crippen molar-refractivity contribution < 1.29 is 9.53 Å². The Morgan fingerprint density at radius 3 is 2.79 bits per heavy atom. The number of rotatable bonds is 6. The molecule has 4 heteroatoms. The van der Waals surface area contributed by atoms with Crippen LogP contribution in [0.2, 0.25) is 0 Å². The molecule has 156 valence electrons. The number of hydrogen-bond donors (Lipinski definition) is 1. The van der Waals surface area contributed by atoms with Crippen LogP contribution in [0.25, 0.3) is 10.8 Å². The number of carbonyl (C=O) groups is 1. The van der Waals surface area contributed by atoms with E-state index >= 15 is 0 Å². The SMILES string of the molecule is CC1CCCCN1C(=O)c1ccc2cc(OCCCC3CCCNC3)ccc2c1. The Labute approximate surface area is 174 Å². The highest BCUT2D eigenvalue weighted by Crippen LogP contribution is 2.25. The maximum absolute atomic E-state index is 12.9. The maximum atomic E-state index is 12.9. The first-order chi connectivity index (χ1) is 14.2. The molecule has 2 unspecified atom stereocenters. The molecule has 2 aliphatic rings. The average Bonchev–Trinajstić information content (AvgIpc) is 2.77. The van der Waals surface area contributed by atoms with Gasteiger partial charge >= 0.3 is 0 Å². The van der Waals surface area contributed by atoms with Gasteiger partial charge in [-0.1, -0.05) is 12.1 Å². The van der Waals surface area contributed by atoms with Gasteiger partial charge in [0.2, 0.25) is 0 Å². The summed E-state index contributed by atoms with van der Waals surface area (Å²) in [5.41, 5.74) is 0.793. The second kappa shape index (κ2) is 9.62. The first-order valence-electron chi connectivity index (χ1n) is 11.4. The largest absolute Gasteiger partial charge is 0.494 e. The van der Waals surface area contributed by atoms with Crippen molar-refractivity contribution in [3.8, 4) is 5.75 Å². The standard InChI is InChI=1S/C25H34N2O2/c1-19-6-2-3-14-27(19)25(28)23-10-9-22-17-24(12-11-21(22)16-23)29-15-5-8-20-7-4-13-26-18-20/h9-12,16-17,19-20,26H,2-8,13-15,18H2,1H3. The minimum absolute atomic E-state index is 0.164. The van der Waals surface area contributed by atoms with Gasteiger partial charge in [0.05, 0.1) is 6.61 Å². The molecule has 2 saturated heterocycles. The smallest absolute Gasteiger partial charge is 0.254 e. The average molecular weight is 395 g/mol. The monoisotopic (exact) mass is 394 g/mol. The van der Waals surface area contributed by atoms with Gasteiger partial charge in [0, 0.05) is 18.2 Å². The molecule has 2 aromatic carbocycles. The Kier molecular flexibility index (Phi) is 6.70. The Morgan fingerprint density at radius 2 is 1.97 bits per heavy atom. The van der Waals surface area contributed by atoms with Crippen LogP contribution in [0, 0.1) is 5.92 Å². The number of likely N-dealkylation sites (tertiary alicyclic amines) is 1. The van der Waals surface area contributed by atoms with E-state index in [0.717, 1.165) is 67.0 Å². The van der Waals surface area contributed by atoms with Crippen molar-refractivity contribution in [1.29, 1.82) is 0 Å². The van der Waals surface area contributed by atoms with Gasteiger partial charge in [-0.3, -0.25) is 4.79 Å². The van der Waals surface area contributed by atoms with Gasteiger partial charge in [0.25, 0.3) is 5.91 Å². The number of nitrogens with one attached hydrogen (secondary N) is 1. The summed E-state index contributed by atoms with van der Waals surface area (Å²) in [5, 5.41) is 5.71. The number of ether oxygens (including phenoxy) is 1. The summed E-state index contributed by atoms with van der Waals surface area (Å²) < 4.78 is 6.00. The highest BCUT2D eigenvalue weighted by atomic mass is 16.5. The van der Waals surface area contributed by atoms with Crippen LogP contribution in [0.3, 0.4) is 0 Å². The Morgan fingerprint density at radius 1 is 1.10 bits per heavy atom. The van der Waals surface area contributed by atoms with Crippen molar-refractivity contribution >= 4 is 16.7 Å². The molecule has 4 nitrogen and oxygen atoms in total. The van der Waals surface area contributed by atoms with Gasteiger partial charge in [-0.2, -0.15) is 0 Å². The maximum Gasteiger partial charge on any atom is 0.254 e. The van der Waals surface area contributed by atoms with E-state index in [1.54, 1.807) is 0 Å². The van der Waals surface area contributed by atoms with Crippen molar-refractivity contribution in [3.63, 3.8) is 0 Å². The summed E-state index contributed by atoms with van der Waals surface area (Å²) in [7, 11) is 0. The van der Waals surface area contributed by atoms with Gasteiger partial charge in [0.15, 0.2) is 0 Å². The Bertz CT molecular complexity index is 829. The Balaban J connectivity index is 1.34. The molecule has 0 aromatic heterocycles. The summed E-state index contributed by atoms with van der Waals surface area (Å²) in [6, 6.07) is 12.6. The van der Waals surface area contributed by atoms with Gasteiger partial charge in [-0.25, -0.2) is 0 Å². The lowest BCUT2D eigenvalue weighted by atomic mass is 9.95. The highest BCUT2D eigenvalue weighted by molar-refractivity contribution is 5.99. The van der Waals surface area contributed by atoms with Crippen LogP contribution >= 0.6 is 0 Å². The molecular weight excluding hydrogens is 360 g/mol. The van der Waals surface area contributed by atoms with Crippen molar-refractivity contribution in [3.05, 3.63) is 42.0 Å². The Hall–Kier alpha value is -2.07. The molecular formula is C25H34N2O2. The number of hydrogen-bond acceptors (Lipinski definition) is 3. The van der Waals surface area contributed by atoms with Crippen molar-refractivity contribution in [2.75, 3.05) is 26.2 Å². The second-order valence-corrected chi connectivity index (χ2v) is 8.77.